The maximum atomic E-state index is 10.5. The van der Waals surface area contributed by atoms with Gasteiger partial charge in [-0.05, 0) is 77.0 Å². The Kier molecular flexibility index (Phi) is 22.9. The lowest BCUT2D eigenvalue weighted by atomic mass is 9.99. The first-order chi connectivity index (χ1) is 15.6. The van der Waals surface area contributed by atoms with Gasteiger partial charge in [-0.1, -0.05) is 75.7 Å². The van der Waals surface area contributed by atoms with Crippen LogP contribution in [-0.4, -0.2) is 22.2 Å². The molecule has 0 radical (unpaired) electrons. The molecule has 0 aromatic heterocycles. The molecule has 32 heavy (non-hydrogen) atoms. The van der Waals surface area contributed by atoms with Gasteiger partial charge in [0.2, 0.25) is 0 Å². The second-order valence-corrected chi connectivity index (χ2v) is 9.08. The van der Waals surface area contributed by atoms with Crippen LogP contribution in [0.1, 0.15) is 142 Å². The minimum atomic E-state index is -0.678. The van der Waals surface area contributed by atoms with Crippen molar-refractivity contribution < 1.29 is 19.8 Å². The lowest BCUT2D eigenvalue weighted by Crippen LogP contribution is -1.93. The summed E-state index contributed by atoms with van der Waals surface area (Å²) >= 11 is 0. The molecular formula is C28H50O4. The van der Waals surface area contributed by atoms with E-state index in [4.69, 9.17) is 10.2 Å². The highest BCUT2D eigenvalue weighted by Gasteiger charge is 2.00. The van der Waals surface area contributed by atoms with Crippen LogP contribution in [-0.2, 0) is 9.59 Å². The van der Waals surface area contributed by atoms with E-state index >= 15 is 0 Å². The van der Waals surface area contributed by atoms with Crippen molar-refractivity contribution >= 4 is 11.9 Å². The molecule has 0 rings (SSSR count). The van der Waals surface area contributed by atoms with Gasteiger partial charge in [-0.3, -0.25) is 9.59 Å². The zero-order chi connectivity index (χ0) is 23.7. The molecule has 0 unspecified atom stereocenters. The fourth-order valence-electron chi connectivity index (χ4n) is 3.91. The predicted octanol–water partition coefficient (Wildman–Crippen LogP) is 8.85. The summed E-state index contributed by atoms with van der Waals surface area (Å²) in [4.78, 5) is 21.0. The zero-order valence-corrected chi connectivity index (χ0v) is 20.8. The van der Waals surface area contributed by atoms with Crippen molar-refractivity contribution in [2.75, 3.05) is 0 Å². The van der Waals surface area contributed by atoms with Crippen LogP contribution in [0.5, 0.6) is 0 Å². The number of unbranched alkanes of at least 4 members (excludes halogenated alkanes) is 13. The van der Waals surface area contributed by atoms with E-state index in [0.717, 1.165) is 44.9 Å². The maximum absolute atomic E-state index is 10.5. The Balaban J connectivity index is 3.72. The molecule has 0 aliphatic rings. The molecule has 0 fully saturated rings. The van der Waals surface area contributed by atoms with Gasteiger partial charge < -0.3 is 10.2 Å². The number of allylic oxidation sites excluding steroid dienone is 4. The molecule has 0 aliphatic heterocycles. The van der Waals surface area contributed by atoms with Gasteiger partial charge in [0.1, 0.15) is 0 Å². The Labute approximate surface area is 197 Å². The summed E-state index contributed by atoms with van der Waals surface area (Å²) < 4.78 is 0. The van der Waals surface area contributed by atoms with Gasteiger partial charge in [0.15, 0.2) is 0 Å². The summed E-state index contributed by atoms with van der Waals surface area (Å²) in [6, 6.07) is 0. The summed E-state index contributed by atoms with van der Waals surface area (Å²) in [7, 11) is 0. The molecule has 0 spiro atoms. The number of aliphatic carboxylic acids is 2. The van der Waals surface area contributed by atoms with Crippen LogP contribution < -0.4 is 0 Å². The topological polar surface area (TPSA) is 74.6 Å². The average molecular weight is 451 g/mol. The van der Waals surface area contributed by atoms with Crippen LogP contribution >= 0.6 is 0 Å². The van der Waals surface area contributed by atoms with Crippen LogP contribution in [0.4, 0.5) is 0 Å². The molecule has 2 N–H and O–H groups in total. The van der Waals surface area contributed by atoms with Crippen LogP contribution in [0, 0.1) is 0 Å². The molecule has 0 aliphatic carbocycles. The number of hydrogen-bond donors (Lipinski definition) is 2. The normalized spacial score (nSPS) is 12.0. The fourth-order valence-corrected chi connectivity index (χ4v) is 3.91. The van der Waals surface area contributed by atoms with Gasteiger partial charge in [0.05, 0.1) is 0 Å². The first kappa shape index (κ1) is 30.4. The lowest BCUT2D eigenvalue weighted by Gasteiger charge is -2.07. The molecule has 0 saturated carbocycles. The first-order valence-electron chi connectivity index (χ1n) is 13.3. The van der Waals surface area contributed by atoms with E-state index in [9.17, 15) is 9.59 Å². The Morgan fingerprint density at radius 3 is 1.47 bits per heavy atom. The Morgan fingerprint density at radius 1 is 0.531 bits per heavy atom. The maximum Gasteiger partial charge on any atom is 0.303 e. The average Bonchev–Trinajstić information content (AvgIpc) is 2.75. The highest BCUT2D eigenvalue weighted by Crippen LogP contribution is 2.18. The predicted molar refractivity (Wildman–Crippen MR) is 135 cm³/mol. The third-order valence-electron chi connectivity index (χ3n) is 5.93. The second kappa shape index (κ2) is 24.1. The van der Waals surface area contributed by atoms with Gasteiger partial charge in [-0.25, -0.2) is 0 Å². The van der Waals surface area contributed by atoms with Gasteiger partial charge >= 0.3 is 11.9 Å². The van der Waals surface area contributed by atoms with Crippen molar-refractivity contribution in [3.8, 4) is 0 Å². The molecule has 4 nitrogen and oxygen atoms in total. The van der Waals surface area contributed by atoms with E-state index in [-0.39, 0.29) is 0 Å². The molecule has 0 bridgehead atoms. The van der Waals surface area contributed by atoms with Gasteiger partial charge in [0.25, 0.3) is 0 Å². The highest BCUT2D eigenvalue weighted by molar-refractivity contribution is 5.66. The monoisotopic (exact) mass is 450 g/mol. The van der Waals surface area contributed by atoms with Crippen molar-refractivity contribution in [3.63, 3.8) is 0 Å². The Bertz CT molecular complexity index is 508. The molecule has 0 aromatic rings. The molecule has 0 amide bonds. The molecule has 4 heteroatoms. The minimum absolute atomic E-state index is 0.311. The second-order valence-electron chi connectivity index (χ2n) is 9.08. The van der Waals surface area contributed by atoms with Crippen molar-refractivity contribution in [1.29, 1.82) is 0 Å². The third-order valence-corrected chi connectivity index (χ3v) is 5.93. The SMILES string of the molecule is CCCCC(=CCCCCCCCC(=O)O)CCCCC=CCCCCCCCC(=O)O. The molecule has 0 saturated heterocycles. The van der Waals surface area contributed by atoms with E-state index in [2.05, 4.69) is 25.2 Å². The minimum Gasteiger partial charge on any atom is -0.481 e. The molecule has 186 valence electrons. The Morgan fingerprint density at radius 2 is 0.938 bits per heavy atom. The number of hydrogen-bond acceptors (Lipinski definition) is 2. The van der Waals surface area contributed by atoms with Crippen LogP contribution in [0.25, 0.3) is 0 Å². The van der Waals surface area contributed by atoms with Crippen molar-refractivity contribution in [1.82, 2.24) is 0 Å². The summed E-state index contributed by atoms with van der Waals surface area (Å²) in [6.45, 7) is 2.26. The first-order valence-corrected chi connectivity index (χ1v) is 13.3. The standard InChI is InChI=1S/C28H50O4/c1-2-3-21-26(23-18-14-11-12-16-20-25-28(31)32)22-17-13-9-7-5-4-6-8-10-15-19-24-27(29)30/h5,7,23H,2-4,6,8-22,24-25H2,1H3,(H,29,30)(H,31,32). The van der Waals surface area contributed by atoms with Crippen LogP contribution in [0.3, 0.4) is 0 Å². The fraction of sp³-hybridized carbons (Fsp3) is 0.786. The smallest absolute Gasteiger partial charge is 0.303 e. The number of carboxylic acid groups (broad SMARTS) is 2. The van der Waals surface area contributed by atoms with E-state index < -0.39 is 11.9 Å². The number of rotatable bonds is 24. The van der Waals surface area contributed by atoms with Crippen LogP contribution in [0.2, 0.25) is 0 Å². The summed E-state index contributed by atoms with van der Waals surface area (Å²) in [5.41, 5.74) is 1.64. The van der Waals surface area contributed by atoms with E-state index in [1.54, 1.807) is 5.57 Å². The molecule has 0 aromatic carbocycles. The number of carboxylic acids is 2. The molecule has 0 heterocycles. The van der Waals surface area contributed by atoms with E-state index in [0.29, 0.717) is 12.8 Å². The largest absolute Gasteiger partial charge is 0.481 e. The Hall–Kier alpha value is -1.58. The van der Waals surface area contributed by atoms with Crippen molar-refractivity contribution in [3.05, 3.63) is 23.8 Å². The molecular weight excluding hydrogens is 400 g/mol. The summed E-state index contributed by atoms with van der Waals surface area (Å²) in [5.74, 6) is -1.35. The van der Waals surface area contributed by atoms with Gasteiger partial charge in [-0.2, -0.15) is 0 Å². The van der Waals surface area contributed by atoms with Gasteiger partial charge in [0, 0.05) is 12.8 Å². The van der Waals surface area contributed by atoms with E-state index in [1.807, 2.05) is 0 Å². The zero-order valence-electron chi connectivity index (χ0n) is 20.8. The van der Waals surface area contributed by atoms with E-state index in [1.165, 1.54) is 77.0 Å². The highest BCUT2D eigenvalue weighted by atomic mass is 16.4. The quantitative estimate of drug-likeness (QED) is 0.114. The van der Waals surface area contributed by atoms with Gasteiger partial charge in [-0.15, -0.1) is 0 Å². The van der Waals surface area contributed by atoms with Crippen molar-refractivity contribution in [2.45, 2.75) is 142 Å². The van der Waals surface area contributed by atoms with Crippen molar-refractivity contribution in [2.24, 2.45) is 0 Å². The van der Waals surface area contributed by atoms with Crippen LogP contribution in [0.15, 0.2) is 23.8 Å². The number of carbonyl (C=O) groups is 2. The lowest BCUT2D eigenvalue weighted by molar-refractivity contribution is -0.138. The summed E-state index contributed by atoms with van der Waals surface area (Å²) in [6.07, 6.45) is 29.7. The summed E-state index contributed by atoms with van der Waals surface area (Å²) in [5, 5.41) is 17.3. The molecule has 0 atom stereocenters. The third kappa shape index (κ3) is 24.7.